The number of benzene rings is 1. The van der Waals surface area contributed by atoms with Crippen molar-refractivity contribution in [2.45, 2.75) is 13.5 Å². The normalized spacial score (nSPS) is 9.81. The first-order chi connectivity index (χ1) is 10.1. The minimum Gasteiger partial charge on any atom is -0.508 e. The monoisotopic (exact) mass is 300 g/mol. The quantitative estimate of drug-likeness (QED) is 0.759. The second-order valence-corrected chi connectivity index (χ2v) is 5.57. The summed E-state index contributed by atoms with van der Waals surface area (Å²) in [7, 11) is 0. The summed E-state index contributed by atoms with van der Waals surface area (Å²) in [5.41, 5.74) is 6.39. The molecule has 1 aromatic heterocycles. The lowest BCUT2D eigenvalue weighted by atomic mass is 10.1. The number of rotatable bonds is 3. The maximum absolute atomic E-state index is 12.1. The zero-order chi connectivity index (χ0) is 15.2. The summed E-state index contributed by atoms with van der Waals surface area (Å²) in [6, 6.07) is 8.75. The van der Waals surface area contributed by atoms with Crippen molar-refractivity contribution in [3.63, 3.8) is 0 Å². The van der Waals surface area contributed by atoms with Crippen LogP contribution in [0.4, 0.5) is 0 Å². The summed E-state index contributed by atoms with van der Waals surface area (Å²) in [6.45, 7) is 2.49. The van der Waals surface area contributed by atoms with E-state index in [4.69, 9.17) is 5.73 Å². The Morgan fingerprint density at radius 1 is 1.38 bits per heavy atom. The van der Waals surface area contributed by atoms with Gasteiger partial charge in [-0.25, -0.2) is 0 Å². The Morgan fingerprint density at radius 2 is 2.19 bits per heavy atom. The molecule has 0 aliphatic heterocycles. The molecule has 0 saturated carbocycles. The molecule has 0 radical (unpaired) electrons. The number of nitrogens with one attached hydrogen (secondary N) is 1. The van der Waals surface area contributed by atoms with E-state index in [-0.39, 0.29) is 11.7 Å². The van der Waals surface area contributed by atoms with Crippen molar-refractivity contribution in [1.82, 2.24) is 5.32 Å². The van der Waals surface area contributed by atoms with Crippen LogP contribution in [0.2, 0.25) is 0 Å². The van der Waals surface area contributed by atoms with Crippen LogP contribution in [0.1, 0.15) is 25.7 Å². The lowest BCUT2D eigenvalue weighted by Gasteiger charge is -2.07. The van der Waals surface area contributed by atoms with E-state index in [1.54, 1.807) is 25.1 Å². The summed E-state index contributed by atoms with van der Waals surface area (Å²) in [5, 5.41) is 12.5. The van der Waals surface area contributed by atoms with Gasteiger partial charge in [-0.2, -0.15) is 0 Å². The Labute approximate surface area is 127 Å². The molecule has 5 heteroatoms. The predicted molar refractivity (Wildman–Crippen MR) is 84.3 cm³/mol. The van der Waals surface area contributed by atoms with E-state index in [1.165, 1.54) is 11.3 Å². The number of aromatic hydroxyl groups is 1. The second kappa shape index (κ2) is 6.93. The van der Waals surface area contributed by atoms with E-state index in [2.05, 4.69) is 17.2 Å². The molecule has 4 N–H and O–H groups in total. The maximum atomic E-state index is 12.1. The second-order valence-electron chi connectivity index (χ2n) is 4.40. The molecule has 0 saturated heterocycles. The molecule has 0 spiro atoms. The molecule has 2 aromatic rings. The molecule has 108 valence electrons. The molecule has 0 aliphatic carbocycles. The number of thiophene rings is 1. The fourth-order valence-electron chi connectivity index (χ4n) is 1.81. The van der Waals surface area contributed by atoms with Crippen molar-refractivity contribution in [3.05, 3.63) is 51.2 Å². The summed E-state index contributed by atoms with van der Waals surface area (Å²) in [5.74, 6) is 5.67. The number of amides is 1. The van der Waals surface area contributed by atoms with Gasteiger partial charge in [-0.3, -0.25) is 4.79 Å². The largest absolute Gasteiger partial charge is 0.508 e. The van der Waals surface area contributed by atoms with Gasteiger partial charge in [-0.05, 0) is 31.2 Å². The third kappa shape index (κ3) is 3.85. The lowest BCUT2D eigenvalue weighted by molar-refractivity contribution is 0.0950. The van der Waals surface area contributed by atoms with Gasteiger partial charge < -0.3 is 16.2 Å². The van der Waals surface area contributed by atoms with Gasteiger partial charge in [0.25, 0.3) is 5.91 Å². The minimum absolute atomic E-state index is 0.123. The van der Waals surface area contributed by atoms with Crippen molar-refractivity contribution in [3.8, 4) is 17.6 Å². The number of hydrogen-bond acceptors (Lipinski definition) is 4. The van der Waals surface area contributed by atoms with Gasteiger partial charge in [0.05, 0.1) is 18.0 Å². The van der Waals surface area contributed by atoms with Crippen LogP contribution in [-0.4, -0.2) is 17.6 Å². The van der Waals surface area contributed by atoms with Gasteiger partial charge in [0.15, 0.2) is 0 Å². The van der Waals surface area contributed by atoms with Crippen LogP contribution in [0.5, 0.6) is 5.75 Å². The van der Waals surface area contributed by atoms with E-state index >= 15 is 0 Å². The Kier molecular flexibility index (Phi) is 4.99. The minimum atomic E-state index is -0.202. The summed E-state index contributed by atoms with van der Waals surface area (Å²) < 4.78 is 0. The van der Waals surface area contributed by atoms with Crippen molar-refractivity contribution in [2.24, 2.45) is 5.73 Å². The molecule has 0 fully saturated rings. The Morgan fingerprint density at radius 3 is 2.95 bits per heavy atom. The molecule has 2 rings (SSSR count). The third-order valence-corrected chi connectivity index (χ3v) is 3.95. The molecule has 1 amide bonds. The van der Waals surface area contributed by atoms with Gasteiger partial charge in [0.1, 0.15) is 5.75 Å². The van der Waals surface area contributed by atoms with Crippen LogP contribution in [0.15, 0.2) is 30.3 Å². The van der Waals surface area contributed by atoms with Gasteiger partial charge in [0.2, 0.25) is 0 Å². The number of hydrogen-bond donors (Lipinski definition) is 3. The molecule has 0 aliphatic rings. The average Bonchev–Trinajstić information content (AvgIpc) is 2.93. The first-order valence-corrected chi connectivity index (χ1v) is 7.28. The van der Waals surface area contributed by atoms with Crippen LogP contribution in [0, 0.1) is 18.8 Å². The van der Waals surface area contributed by atoms with E-state index < -0.39 is 0 Å². The van der Waals surface area contributed by atoms with Crippen molar-refractivity contribution < 1.29 is 9.90 Å². The van der Waals surface area contributed by atoms with Gasteiger partial charge >= 0.3 is 0 Å². The molecular weight excluding hydrogens is 284 g/mol. The summed E-state index contributed by atoms with van der Waals surface area (Å²) >= 11 is 1.52. The van der Waals surface area contributed by atoms with Crippen LogP contribution >= 0.6 is 11.3 Å². The van der Waals surface area contributed by atoms with Gasteiger partial charge in [-0.1, -0.05) is 17.9 Å². The number of nitrogens with two attached hydrogens (primary N) is 1. The first kappa shape index (κ1) is 15.1. The van der Waals surface area contributed by atoms with E-state index in [1.807, 2.05) is 12.1 Å². The van der Waals surface area contributed by atoms with Crippen LogP contribution in [0.25, 0.3) is 0 Å². The summed E-state index contributed by atoms with van der Waals surface area (Å²) in [6.07, 6.45) is 0. The SMILES string of the molecule is Cc1c(O)cccc1C(=O)NCc1ccc(C#CCN)s1. The van der Waals surface area contributed by atoms with E-state index in [9.17, 15) is 9.90 Å². The molecule has 0 bridgehead atoms. The zero-order valence-corrected chi connectivity index (χ0v) is 12.5. The predicted octanol–water partition coefficient (Wildman–Crippen LogP) is 2.00. The first-order valence-electron chi connectivity index (χ1n) is 6.46. The van der Waals surface area contributed by atoms with Crippen LogP contribution in [-0.2, 0) is 6.54 Å². The summed E-state index contributed by atoms with van der Waals surface area (Å²) in [4.78, 5) is 14.1. The third-order valence-electron chi connectivity index (χ3n) is 2.95. The topological polar surface area (TPSA) is 75.3 Å². The standard InChI is InChI=1S/C16H16N2O2S/c1-11-14(5-2-6-15(11)19)16(20)18-10-13-8-7-12(21-13)4-3-9-17/h2,5-8,19H,9-10,17H2,1H3,(H,18,20). The van der Waals surface area contributed by atoms with Crippen LogP contribution < -0.4 is 11.1 Å². The molecule has 0 unspecified atom stereocenters. The average molecular weight is 300 g/mol. The number of phenols is 1. The highest BCUT2D eigenvalue weighted by Crippen LogP contribution is 2.20. The van der Waals surface area contributed by atoms with Crippen molar-refractivity contribution >= 4 is 17.2 Å². The smallest absolute Gasteiger partial charge is 0.251 e. The number of phenolic OH excluding ortho intramolecular Hbond substituents is 1. The highest BCUT2D eigenvalue weighted by atomic mass is 32.1. The fourth-order valence-corrected chi connectivity index (χ4v) is 2.63. The highest BCUT2D eigenvalue weighted by Gasteiger charge is 2.11. The molecule has 4 nitrogen and oxygen atoms in total. The Bertz CT molecular complexity index is 711. The Balaban J connectivity index is 2.01. The molecule has 21 heavy (non-hydrogen) atoms. The van der Waals surface area contributed by atoms with E-state index in [0.717, 1.165) is 9.75 Å². The van der Waals surface area contributed by atoms with Crippen molar-refractivity contribution in [1.29, 1.82) is 0 Å². The Hall–Kier alpha value is -2.29. The molecule has 1 aromatic carbocycles. The lowest BCUT2D eigenvalue weighted by Crippen LogP contribution is -2.23. The molecular formula is C16H16N2O2S. The fraction of sp³-hybridized carbons (Fsp3) is 0.188. The van der Waals surface area contributed by atoms with Gasteiger partial charge in [0, 0.05) is 16.0 Å². The number of carbonyl (C=O) groups excluding carboxylic acids is 1. The van der Waals surface area contributed by atoms with E-state index in [0.29, 0.717) is 24.2 Å². The zero-order valence-electron chi connectivity index (χ0n) is 11.6. The highest BCUT2D eigenvalue weighted by molar-refractivity contribution is 7.12. The molecule has 0 atom stereocenters. The molecule has 1 heterocycles. The van der Waals surface area contributed by atoms with Crippen molar-refractivity contribution in [2.75, 3.05) is 6.54 Å². The maximum Gasteiger partial charge on any atom is 0.251 e. The van der Waals surface area contributed by atoms with Crippen LogP contribution in [0.3, 0.4) is 0 Å². The number of carbonyl (C=O) groups is 1. The van der Waals surface area contributed by atoms with Gasteiger partial charge in [-0.15, -0.1) is 11.3 Å².